The molecular formula is C20H26N2O2. The van der Waals surface area contributed by atoms with E-state index in [1.54, 1.807) is 0 Å². The van der Waals surface area contributed by atoms with Gasteiger partial charge in [0.2, 0.25) is 0 Å². The first kappa shape index (κ1) is 18.2. The number of Topliss-reactive ketones (excluding diaryl/α,β-unsaturated/α-hetero) is 1. The van der Waals surface area contributed by atoms with Gasteiger partial charge in [-0.05, 0) is 64.6 Å². The van der Waals surface area contributed by atoms with Crippen molar-refractivity contribution in [3.63, 3.8) is 0 Å². The Morgan fingerprint density at radius 3 is 1.83 bits per heavy atom. The summed E-state index contributed by atoms with van der Waals surface area (Å²) in [4.78, 5) is 16.9. The fraction of sp³-hybridized carbons (Fsp3) is 0.350. The van der Waals surface area contributed by atoms with E-state index in [1.807, 2.05) is 82.8 Å². The van der Waals surface area contributed by atoms with Crippen molar-refractivity contribution in [2.75, 3.05) is 41.3 Å². The van der Waals surface area contributed by atoms with Gasteiger partial charge in [0.15, 0.2) is 5.78 Å². The van der Waals surface area contributed by atoms with Crippen LogP contribution in [0.2, 0.25) is 0 Å². The SMILES string of the molecule is CN(C)CC(CN(C)C)C(=O)c1ccc(Oc2ccccc2)cc1. The summed E-state index contributed by atoms with van der Waals surface area (Å²) in [6.07, 6.45) is 0. The molecule has 0 heterocycles. The zero-order valence-electron chi connectivity index (χ0n) is 14.9. The molecule has 0 aliphatic rings. The molecule has 0 spiro atoms. The lowest BCUT2D eigenvalue weighted by Gasteiger charge is -2.23. The summed E-state index contributed by atoms with van der Waals surface area (Å²) < 4.78 is 5.77. The molecule has 0 radical (unpaired) electrons. The van der Waals surface area contributed by atoms with Gasteiger partial charge in [0.25, 0.3) is 0 Å². The summed E-state index contributed by atoms with van der Waals surface area (Å²) in [6.45, 7) is 1.47. The maximum atomic E-state index is 12.8. The smallest absolute Gasteiger partial charge is 0.168 e. The molecule has 0 atom stereocenters. The van der Waals surface area contributed by atoms with Crippen LogP contribution in [0.5, 0.6) is 11.5 Å². The highest BCUT2D eigenvalue weighted by Crippen LogP contribution is 2.22. The lowest BCUT2D eigenvalue weighted by molar-refractivity contribution is 0.0871. The van der Waals surface area contributed by atoms with E-state index in [9.17, 15) is 4.79 Å². The highest BCUT2D eigenvalue weighted by atomic mass is 16.5. The van der Waals surface area contributed by atoms with Gasteiger partial charge in [-0.15, -0.1) is 0 Å². The minimum absolute atomic E-state index is 0.0455. The quantitative estimate of drug-likeness (QED) is 0.696. The third-order valence-electron chi connectivity index (χ3n) is 3.66. The molecule has 24 heavy (non-hydrogen) atoms. The summed E-state index contributed by atoms with van der Waals surface area (Å²) >= 11 is 0. The van der Waals surface area contributed by atoms with Crippen LogP contribution < -0.4 is 4.74 Å². The van der Waals surface area contributed by atoms with Crippen LogP contribution in [0.15, 0.2) is 54.6 Å². The molecule has 2 aromatic carbocycles. The van der Waals surface area contributed by atoms with Crippen LogP contribution in [-0.4, -0.2) is 56.9 Å². The summed E-state index contributed by atoms with van der Waals surface area (Å²) in [7, 11) is 7.97. The third-order valence-corrected chi connectivity index (χ3v) is 3.66. The Labute approximate surface area is 144 Å². The first-order valence-corrected chi connectivity index (χ1v) is 8.12. The van der Waals surface area contributed by atoms with Crippen LogP contribution in [-0.2, 0) is 0 Å². The van der Waals surface area contributed by atoms with Crippen molar-refractivity contribution in [2.24, 2.45) is 5.92 Å². The molecule has 0 fully saturated rings. The monoisotopic (exact) mass is 326 g/mol. The standard InChI is InChI=1S/C20H26N2O2/c1-21(2)14-17(15-22(3)4)20(23)16-10-12-19(13-11-16)24-18-8-6-5-7-9-18/h5-13,17H,14-15H2,1-4H3. The molecule has 0 aliphatic heterocycles. The lowest BCUT2D eigenvalue weighted by atomic mass is 9.96. The molecule has 0 bridgehead atoms. The van der Waals surface area contributed by atoms with Crippen LogP contribution >= 0.6 is 0 Å². The number of para-hydroxylation sites is 1. The number of hydrogen-bond donors (Lipinski definition) is 0. The molecular weight excluding hydrogens is 300 g/mol. The largest absolute Gasteiger partial charge is 0.457 e. The molecule has 128 valence electrons. The Kier molecular flexibility index (Phi) is 6.53. The second-order valence-corrected chi connectivity index (χ2v) is 6.53. The number of carbonyl (C=O) groups excluding carboxylic acids is 1. The maximum Gasteiger partial charge on any atom is 0.168 e. The zero-order valence-corrected chi connectivity index (χ0v) is 14.9. The van der Waals surface area contributed by atoms with Crippen LogP contribution in [0.3, 0.4) is 0 Å². The molecule has 0 aliphatic carbocycles. The van der Waals surface area contributed by atoms with E-state index in [2.05, 4.69) is 9.80 Å². The second-order valence-electron chi connectivity index (χ2n) is 6.53. The van der Waals surface area contributed by atoms with E-state index < -0.39 is 0 Å². The van der Waals surface area contributed by atoms with Crippen molar-refractivity contribution in [3.05, 3.63) is 60.2 Å². The van der Waals surface area contributed by atoms with Crippen molar-refractivity contribution in [2.45, 2.75) is 0 Å². The number of rotatable bonds is 8. The first-order chi connectivity index (χ1) is 11.5. The molecule has 0 aromatic heterocycles. The van der Waals surface area contributed by atoms with E-state index in [-0.39, 0.29) is 11.7 Å². The highest BCUT2D eigenvalue weighted by molar-refractivity contribution is 5.98. The van der Waals surface area contributed by atoms with Crippen molar-refractivity contribution in [1.82, 2.24) is 9.80 Å². The van der Waals surface area contributed by atoms with Gasteiger partial charge < -0.3 is 14.5 Å². The van der Waals surface area contributed by atoms with E-state index in [4.69, 9.17) is 4.74 Å². The van der Waals surface area contributed by atoms with E-state index in [0.29, 0.717) is 0 Å². The Bertz CT molecular complexity index is 626. The van der Waals surface area contributed by atoms with Crippen LogP contribution in [0.4, 0.5) is 0 Å². The number of nitrogens with zero attached hydrogens (tertiary/aromatic N) is 2. The fourth-order valence-electron chi connectivity index (χ4n) is 2.65. The van der Waals surface area contributed by atoms with E-state index >= 15 is 0 Å². The van der Waals surface area contributed by atoms with Gasteiger partial charge in [0.1, 0.15) is 11.5 Å². The third kappa shape index (κ3) is 5.48. The summed E-state index contributed by atoms with van der Waals surface area (Å²) in [5.41, 5.74) is 0.726. The van der Waals surface area contributed by atoms with Gasteiger partial charge in [-0.1, -0.05) is 18.2 Å². The number of hydrogen-bond acceptors (Lipinski definition) is 4. The number of benzene rings is 2. The first-order valence-electron chi connectivity index (χ1n) is 8.12. The number of carbonyl (C=O) groups is 1. The minimum atomic E-state index is -0.0455. The van der Waals surface area contributed by atoms with Crippen LogP contribution in [0.1, 0.15) is 10.4 Å². The summed E-state index contributed by atoms with van der Waals surface area (Å²) in [5.74, 6) is 1.64. The molecule has 4 heteroatoms. The molecule has 2 aromatic rings. The van der Waals surface area contributed by atoms with Crippen molar-refractivity contribution in [1.29, 1.82) is 0 Å². The molecule has 0 saturated heterocycles. The van der Waals surface area contributed by atoms with Crippen molar-refractivity contribution < 1.29 is 9.53 Å². The second kappa shape index (κ2) is 8.62. The van der Waals surface area contributed by atoms with E-state index in [1.165, 1.54) is 0 Å². The predicted molar refractivity (Wildman–Crippen MR) is 97.9 cm³/mol. The average Bonchev–Trinajstić information content (AvgIpc) is 2.54. The van der Waals surface area contributed by atoms with Gasteiger partial charge in [-0.25, -0.2) is 0 Å². The zero-order chi connectivity index (χ0) is 17.5. The molecule has 0 unspecified atom stereocenters. The van der Waals surface area contributed by atoms with Gasteiger partial charge in [-0.2, -0.15) is 0 Å². The van der Waals surface area contributed by atoms with E-state index in [0.717, 1.165) is 30.2 Å². The predicted octanol–water partition coefficient (Wildman–Crippen LogP) is 3.40. The van der Waals surface area contributed by atoms with Crippen molar-refractivity contribution >= 4 is 5.78 Å². The van der Waals surface area contributed by atoms with Gasteiger partial charge in [0, 0.05) is 24.6 Å². The normalized spacial score (nSPS) is 11.3. The van der Waals surface area contributed by atoms with Gasteiger partial charge in [-0.3, -0.25) is 4.79 Å². The van der Waals surface area contributed by atoms with Crippen LogP contribution in [0.25, 0.3) is 0 Å². The Hall–Kier alpha value is -2.17. The highest BCUT2D eigenvalue weighted by Gasteiger charge is 2.21. The minimum Gasteiger partial charge on any atom is -0.457 e. The van der Waals surface area contributed by atoms with Gasteiger partial charge >= 0.3 is 0 Å². The van der Waals surface area contributed by atoms with Crippen molar-refractivity contribution in [3.8, 4) is 11.5 Å². The topological polar surface area (TPSA) is 32.8 Å². The molecule has 0 N–H and O–H groups in total. The average molecular weight is 326 g/mol. The summed E-state index contributed by atoms with van der Waals surface area (Å²) in [6, 6.07) is 17.0. The summed E-state index contributed by atoms with van der Waals surface area (Å²) in [5, 5.41) is 0. The fourth-order valence-corrected chi connectivity index (χ4v) is 2.65. The van der Waals surface area contributed by atoms with Gasteiger partial charge in [0.05, 0.1) is 0 Å². The lowest BCUT2D eigenvalue weighted by Crippen LogP contribution is -2.35. The molecule has 4 nitrogen and oxygen atoms in total. The number of ether oxygens (including phenoxy) is 1. The van der Waals surface area contributed by atoms with Crippen LogP contribution in [0, 0.1) is 5.92 Å². The Morgan fingerprint density at radius 1 is 0.833 bits per heavy atom. The molecule has 0 saturated carbocycles. The Morgan fingerprint density at radius 2 is 1.33 bits per heavy atom. The maximum absolute atomic E-state index is 12.8. The Balaban J connectivity index is 2.08. The molecule has 0 amide bonds. The molecule has 2 rings (SSSR count). The number of ketones is 1.